The molecule has 0 radical (unpaired) electrons. The zero-order valence-electron chi connectivity index (χ0n) is 10.5. The van der Waals surface area contributed by atoms with Gasteiger partial charge in [-0.15, -0.1) is 0 Å². The topological polar surface area (TPSA) is 79.3 Å². The molecule has 0 fully saturated rings. The largest absolute Gasteiger partial charge is 0.480 e. The molecule has 1 amide bonds. The fraction of sp³-hybridized carbons (Fsp3) is 0.417. The molecule has 1 aromatic heterocycles. The van der Waals surface area contributed by atoms with E-state index in [1.807, 2.05) is 6.92 Å². The SMILES string of the molecule is CCCC(C)(NC(=O)c1cc(Cl)ncc1Cl)C(=O)O. The Morgan fingerprint density at radius 2 is 2.11 bits per heavy atom. The highest BCUT2D eigenvalue weighted by molar-refractivity contribution is 6.35. The van der Waals surface area contributed by atoms with E-state index in [0.29, 0.717) is 12.8 Å². The van der Waals surface area contributed by atoms with Crippen molar-refractivity contribution in [2.24, 2.45) is 0 Å². The molecule has 0 aliphatic rings. The van der Waals surface area contributed by atoms with E-state index in [0.717, 1.165) is 0 Å². The molecule has 0 aliphatic heterocycles. The Labute approximate surface area is 120 Å². The molecule has 1 aromatic rings. The van der Waals surface area contributed by atoms with Crippen LogP contribution in [0.5, 0.6) is 0 Å². The van der Waals surface area contributed by atoms with Crippen LogP contribution in [0.1, 0.15) is 37.0 Å². The number of carbonyl (C=O) groups is 2. The number of hydrogen-bond donors (Lipinski definition) is 2. The maximum atomic E-state index is 12.1. The lowest BCUT2D eigenvalue weighted by molar-refractivity contribution is -0.144. The van der Waals surface area contributed by atoms with Crippen LogP contribution < -0.4 is 5.32 Å². The average molecular weight is 305 g/mol. The third-order valence-electron chi connectivity index (χ3n) is 2.68. The lowest BCUT2D eigenvalue weighted by Crippen LogP contribution is -2.52. The molecule has 0 aromatic carbocycles. The van der Waals surface area contributed by atoms with E-state index >= 15 is 0 Å². The summed E-state index contributed by atoms with van der Waals surface area (Å²) in [6, 6.07) is 1.30. The second-order valence-corrected chi connectivity index (χ2v) is 5.12. The minimum absolute atomic E-state index is 0.102. The predicted octanol–water partition coefficient (Wildman–Crippen LogP) is 2.76. The van der Waals surface area contributed by atoms with Gasteiger partial charge in [-0.3, -0.25) is 4.79 Å². The molecule has 104 valence electrons. The fourth-order valence-electron chi connectivity index (χ4n) is 1.63. The zero-order valence-corrected chi connectivity index (χ0v) is 12.0. The average Bonchev–Trinajstić information content (AvgIpc) is 2.32. The van der Waals surface area contributed by atoms with Crippen molar-refractivity contribution in [2.45, 2.75) is 32.2 Å². The minimum atomic E-state index is -1.34. The molecule has 2 N–H and O–H groups in total. The maximum absolute atomic E-state index is 12.1. The van der Waals surface area contributed by atoms with E-state index < -0.39 is 17.4 Å². The van der Waals surface area contributed by atoms with E-state index in [1.54, 1.807) is 0 Å². The number of amides is 1. The summed E-state index contributed by atoms with van der Waals surface area (Å²) in [6.45, 7) is 3.29. The Balaban J connectivity index is 3.00. The van der Waals surface area contributed by atoms with Crippen molar-refractivity contribution in [1.82, 2.24) is 10.3 Å². The Kier molecular flexibility index (Phi) is 5.14. The number of rotatable bonds is 5. The number of carboxylic acids is 1. The lowest BCUT2D eigenvalue weighted by atomic mass is 9.96. The minimum Gasteiger partial charge on any atom is -0.480 e. The van der Waals surface area contributed by atoms with Crippen LogP contribution in [0.2, 0.25) is 10.2 Å². The molecule has 7 heteroatoms. The molecular formula is C12H14Cl2N2O3. The Morgan fingerprint density at radius 1 is 1.47 bits per heavy atom. The van der Waals surface area contributed by atoms with Gasteiger partial charge in [-0.2, -0.15) is 0 Å². The van der Waals surface area contributed by atoms with Crippen molar-refractivity contribution in [3.63, 3.8) is 0 Å². The molecule has 0 spiro atoms. The molecular weight excluding hydrogens is 291 g/mol. The van der Waals surface area contributed by atoms with E-state index in [-0.39, 0.29) is 15.7 Å². The molecule has 0 aliphatic carbocycles. The number of aliphatic carboxylic acids is 1. The summed E-state index contributed by atoms with van der Waals surface area (Å²) in [4.78, 5) is 27.0. The van der Waals surface area contributed by atoms with E-state index in [4.69, 9.17) is 23.2 Å². The maximum Gasteiger partial charge on any atom is 0.329 e. The molecule has 1 atom stereocenters. The highest BCUT2D eigenvalue weighted by Gasteiger charge is 2.34. The van der Waals surface area contributed by atoms with Gasteiger partial charge < -0.3 is 10.4 Å². The van der Waals surface area contributed by atoms with Crippen LogP contribution in [0.25, 0.3) is 0 Å². The summed E-state index contributed by atoms with van der Waals surface area (Å²) in [5, 5.41) is 11.9. The highest BCUT2D eigenvalue weighted by atomic mass is 35.5. The first-order valence-electron chi connectivity index (χ1n) is 5.67. The summed E-state index contributed by atoms with van der Waals surface area (Å²) in [7, 11) is 0. The normalized spacial score (nSPS) is 13.7. The quantitative estimate of drug-likeness (QED) is 0.820. The van der Waals surface area contributed by atoms with Gasteiger partial charge >= 0.3 is 5.97 Å². The van der Waals surface area contributed by atoms with Crippen molar-refractivity contribution >= 4 is 35.1 Å². The number of carboxylic acid groups (broad SMARTS) is 1. The number of carbonyl (C=O) groups excluding carboxylic acids is 1. The van der Waals surface area contributed by atoms with Gasteiger partial charge in [-0.05, 0) is 19.4 Å². The summed E-state index contributed by atoms with van der Waals surface area (Å²) in [5.74, 6) is -1.69. The van der Waals surface area contributed by atoms with Crippen LogP contribution >= 0.6 is 23.2 Å². The Hall–Kier alpha value is -1.33. The van der Waals surface area contributed by atoms with Gasteiger partial charge in [0.2, 0.25) is 0 Å². The van der Waals surface area contributed by atoms with E-state index in [2.05, 4.69) is 10.3 Å². The Bertz CT molecular complexity index is 508. The molecule has 1 heterocycles. The van der Waals surface area contributed by atoms with Gasteiger partial charge in [0.25, 0.3) is 5.91 Å². The summed E-state index contributed by atoms with van der Waals surface area (Å²) < 4.78 is 0. The summed E-state index contributed by atoms with van der Waals surface area (Å²) in [5.41, 5.74) is -1.24. The van der Waals surface area contributed by atoms with Crippen molar-refractivity contribution in [3.05, 3.63) is 28.0 Å². The third kappa shape index (κ3) is 3.81. The number of pyridine rings is 1. The highest BCUT2D eigenvalue weighted by Crippen LogP contribution is 2.20. The van der Waals surface area contributed by atoms with Crippen LogP contribution in [-0.2, 0) is 4.79 Å². The first kappa shape index (κ1) is 15.7. The Morgan fingerprint density at radius 3 is 2.63 bits per heavy atom. The van der Waals surface area contributed by atoms with Gasteiger partial charge in [-0.25, -0.2) is 9.78 Å². The molecule has 19 heavy (non-hydrogen) atoms. The van der Waals surface area contributed by atoms with Crippen molar-refractivity contribution < 1.29 is 14.7 Å². The van der Waals surface area contributed by atoms with Gasteiger partial charge in [0.1, 0.15) is 10.7 Å². The standard InChI is InChI=1S/C12H14Cl2N2O3/c1-3-4-12(2,11(18)19)16-10(17)7-5-9(14)15-6-8(7)13/h5-6H,3-4H2,1-2H3,(H,16,17)(H,18,19). The molecule has 0 bridgehead atoms. The van der Waals surface area contributed by atoms with Crippen molar-refractivity contribution in [1.29, 1.82) is 0 Å². The first-order chi connectivity index (χ1) is 8.80. The van der Waals surface area contributed by atoms with Crippen molar-refractivity contribution in [2.75, 3.05) is 0 Å². The molecule has 1 rings (SSSR count). The monoisotopic (exact) mass is 304 g/mol. The van der Waals surface area contributed by atoms with Crippen LogP contribution in [-0.4, -0.2) is 27.5 Å². The van der Waals surface area contributed by atoms with Crippen LogP contribution in [0.15, 0.2) is 12.3 Å². The lowest BCUT2D eigenvalue weighted by Gasteiger charge is -2.25. The number of nitrogens with one attached hydrogen (secondary N) is 1. The van der Waals surface area contributed by atoms with Gasteiger partial charge in [0, 0.05) is 6.20 Å². The predicted molar refractivity (Wildman–Crippen MR) is 72.7 cm³/mol. The van der Waals surface area contributed by atoms with Crippen LogP contribution in [0.4, 0.5) is 0 Å². The number of hydrogen-bond acceptors (Lipinski definition) is 3. The molecule has 1 unspecified atom stereocenters. The van der Waals surface area contributed by atoms with Crippen LogP contribution in [0, 0.1) is 0 Å². The third-order valence-corrected chi connectivity index (χ3v) is 3.19. The van der Waals surface area contributed by atoms with E-state index in [1.165, 1.54) is 19.2 Å². The smallest absolute Gasteiger partial charge is 0.329 e. The number of nitrogens with zero attached hydrogens (tertiary/aromatic N) is 1. The van der Waals surface area contributed by atoms with Crippen LogP contribution in [0.3, 0.4) is 0 Å². The molecule has 0 saturated heterocycles. The molecule has 5 nitrogen and oxygen atoms in total. The summed E-state index contributed by atoms with van der Waals surface area (Å²) in [6.07, 6.45) is 2.18. The van der Waals surface area contributed by atoms with Crippen molar-refractivity contribution in [3.8, 4) is 0 Å². The zero-order chi connectivity index (χ0) is 14.6. The second-order valence-electron chi connectivity index (χ2n) is 4.33. The second kappa shape index (κ2) is 6.21. The van der Waals surface area contributed by atoms with E-state index in [9.17, 15) is 14.7 Å². The number of halogens is 2. The fourth-order valence-corrected chi connectivity index (χ4v) is 1.98. The van der Waals surface area contributed by atoms with Gasteiger partial charge in [0.15, 0.2) is 0 Å². The first-order valence-corrected chi connectivity index (χ1v) is 6.42. The number of aromatic nitrogens is 1. The molecule has 0 saturated carbocycles. The van der Waals surface area contributed by atoms with Gasteiger partial charge in [-0.1, -0.05) is 36.5 Å². The summed E-state index contributed by atoms with van der Waals surface area (Å²) >= 11 is 11.5. The van der Waals surface area contributed by atoms with Gasteiger partial charge in [0.05, 0.1) is 10.6 Å².